The number of rotatable bonds is 5. The van der Waals surface area contributed by atoms with Gasteiger partial charge in [-0.15, -0.1) is 0 Å². The van der Waals surface area contributed by atoms with Gasteiger partial charge in [0.15, 0.2) is 0 Å². The molecule has 1 atom stereocenters. The number of nitrogens with one attached hydrogen (secondary N) is 1. The number of carboxylic acid groups (broad SMARTS) is 1. The SMILES string of the molecule is CNCCC(C(=O)O)c1ccc2c(c1)CCC2. The topological polar surface area (TPSA) is 49.3 Å². The Morgan fingerprint density at radius 1 is 1.41 bits per heavy atom. The summed E-state index contributed by atoms with van der Waals surface area (Å²) < 4.78 is 0. The van der Waals surface area contributed by atoms with Gasteiger partial charge in [0.1, 0.15) is 0 Å². The molecule has 0 spiro atoms. The molecule has 0 aliphatic heterocycles. The molecular formula is C14H19NO2. The quantitative estimate of drug-likeness (QED) is 0.817. The van der Waals surface area contributed by atoms with Crippen molar-refractivity contribution in [3.63, 3.8) is 0 Å². The molecule has 0 amide bonds. The van der Waals surface area contributed by atoms with E-state index in [1.807, 2.05) is 13.1 Å². The second-order valence-electron chi connectivity index (χ2n) is 4.66. The van der Waals surface area contributed by atoms with Crippen LogP contribution in [0.25, 0.3) is 0 Å². The van der Waals surface area contributed by atoms with Crippen LogP contribution in [0.4, 0.5) is 0 Å². The Labute approximate surface area is 102 Å². The maximum absolute atomic E-state index is 11.3. The molecule has 1 aliphatic rings. The van der Waals surface area contributed by atoms with Crippen LogP contribution in [-0.4, -0.2) is 24.7 Å². The molecule has 3 nitrogen and oxygen atoms in total. The number of aliphatic carboxylic acids is 1. The molecule has 2 rings (SSSR count). The first-order chi connectivity index (χ1) is 8.22. The Balaban J connectivity index is 2.20. The molecule has 1 unspecified atom stereocenters. The fourth-order valence-corrected chi connectivity index (χ4v) is 2.53. The van der Waals surface area contributed by atoms with Crippen molar-refractivity contribution in [2.45, 2.75) is 31.6 Å². The van der Waals surface area contributed by atoms with Crippen molar-refractivity contribution >= 4 is 5.97 Å². The van der Waals surface area contributed by atoms with E-state index < -0.39 is 5.97 Å². The molecule has 1 aromatic rings. The minimum Gasteiger partial charge on any atom is -0.481 e. The zero-order chi connectivity index (χ0) is 12.3. The molecule has 0 aromatic heterocycles. The Morgan fingerprint density at radius 2 is 2.18 bits per heavy atom. The van der Waals surface area contributed by atoms with Gasteiger partial charge in [0.05, 0.1) is 5.92 Å². The third-order valence-electron chi connectivity index (χ3n) is 3.51. The zero-order valence-corrected chi connectivity index (χ0v) is 10.2. The summed E-state index contributed by atoms with van der Waals surface area (Å²) in [6, 6.07) is 6.18. The van der Waals surface area contributed by atoms with Crippen LogP contribution in [0.5, 0.6) is 0 Å². The van der Waals surface area contributed by atoms with E-state index in [-0.39, 0.29) is 5.92 Å². The number of fused-ring (bicyclic) bond motifs is 1. The lowest BCUT2D eigenvalue weighted by atomic mass is 9.93. The van der Waals surface area contributed by atoms with Crippen LogP contribution in [0.2, 0.25) is 0 Å². The van der Waals surface area contributed by atoms with E-state index in [0.717, 1.165) is 24.9 Å². The third kappa shape index (κ3) is 2.67. The van der Waals surface area contributed by atoms with Crippen molar-refractivity contribution < 1.29 is 9.90 Å². The van der Waals surface area contributed by atoms with Crippen molar-refractivity contribution in [1.82, 2.24) is 5.32 Å². The zero-order valence-electron chi connectivity index (χ0n) is 10.2. The Hall–Kier alpha value is -1.35. The molecule has 92 valence electrons. The van der Waals surface area contributed by atoms with Gasteiger partial charge in [-0.05, 0) is 56.0 Å². The van der Waals surface area contributed by atoms with E-state index in [1.54, 1.807) is 0 Å². The molecular weight excluding hydrogens is 214 g/mol. The molecule has 17 heavy (non-hydrogen) atoms. The average Bonchev–Trinajstić information content (AvgIpc) is 2.76. The van der Waals surface area contributed by atoms with E-state index >= 15 is 0 Å². The van der Waals surface area contributed by atoms with E-state index in [4.69, 9.17) is 0 Å². The van der Waals surface area contributed by atoms with E-state index in [0.29, 0.717) is 6.42 Å². The molecule has 3 heteroatoms. The van der Waals surface area contributed by atoms with Gasteiger partial charge >= 0.3 is 5.97 Å². The monoisotopic (exact) mass is 233 g/mol. The third-order valence-corrected chi connectivity index (χ3v) is 3.51. The van der Waals surface area contributed by atoms with Crippen LogP contribution >= 0.6 is 0 Å². The van der Waals surface area contributed by atoms with Crippen LogP contribution in [0.3, 0.4) is 0 Å². The number of aryl methyl sites for hydroxylation is 2. The number of carbonyl (C=O) groups is 1. The largest absolute Gasteiger partial charge is 0.481 e. The summed E-state index contributed by atoms with van der Waals surface area (Å²) in [5.41, 5.74) is 3.69. The predicted octanol–water partition coefficient (Wildman–Crippen LogP) is 1.95. The van der Waals surface area contributed by atoms with E-state index in [1.165, 1.54) is 17.5 Å². The highest BCUT2D eigenvalue weighted by Crippen LogP contribution is 2.27. The number of hydrogen-bond donors (Lipinski definition) is 2. The molecule has 0 bridgehead atoms. The second kappa shape index (κ2) is 5.32. The van der Waals surface area contributed by atoms with Crippen molar-refractivity contribution in [2.75, 3.05) is 13.6 Å². The van der Waals surface area contributed by atoms with Gasteiger partial charge in [-0.2, -0.15) is 0 Å². The molecule has 0 saturated carbocycles. The summed E-state index contributed by atoms with van der Waals surface area (Å²) in [6.45, 7) is 0.730. The van der Waals surface area contributed by atoms with Crippen molar-refractivity contribution in [3.8, 4) is 0 Å². The summed E-state index contributed by atoms with van der Waals surface area (Å²) in [5.74, 6) is -1.11. The lowest BCUT2D eigenvalue weighted by Crippen LogP contribution is -2.18. The van der Waals surface area contributed by atoms with Gasteiger partial charge < -0.3 is 10.4 Å². The summed E-state index contributed by atoms with van der Waals surface area (Å²) in [5, 5.41) is 12.3. The van der Waals surface area contributed by atoms with Gasteiger partial charge in [-0.1, -0.05) is 18.2 Å². The van der Waals surface area contributed by atoms with Crippen LogP contribution in [-0.2, 0) is 17.6 Å². The van der Waals surface area contributed by atoms with Gasteiger partial charge in [0, 0.05) is 0 Å². The van der Waals surface area contributed by atoms with Crippen LogP contribution < -0.4 is 5.32 Å². The van der Waals surface area contributed by atoms with Gasteiger partial charge in [0.2, 0.25) is 0 Å². The lowest BCUT2D eigenvalue weighted by Gasteiger charge is -2.13. The molecule has 0 fully saturated rings. The molecule has 0 saturated heterocycles. The first kappa shape index (κ1) is 12.1. The van der Waals surface area contributed by atoms with E-state index in [9.17, 15) is 9.90 Å². The first-order valence-corrected chi connectivity index (χ1v) is 6.21. The number of hydrogen-bond acceptors (Lipinski definition) is 2. The number of benzene rings is 1. The molecule has 1 aliphatic carbocycles. The minimum atomic E-state index is -0.724. The Bertz CT molecular complexity index is 415. The molecule has 1 aromatic carbocycles. The highest BCUT2D eigenvalue weighted by atomic mass is 16.4. The molecule has 2 N–H and O–H groups in total. The molecule has 0 radical (unpaired) electrons. The smallest absolute Gasteiger partial charge is 0.311 e. The lowest BCUT2D eigenvalue weighted by molar-refractivity contribution is -0.138. The standard InChI is InChI=1S/C14H19NO2/c1-15-8-7-13(14(16)17)12-6-5-10-3-2-4-11(10)9-12/h5-6,9,13,15H,2-4,7-8H2,1H3,(H,16,17). The Kier molecular flexibility index (Phi) is 3.79. The van der Waals surface area contributed by atoms with Gasteiger partial charge in [0.25, 0.3) is 0 Å². The maximum Gasteiger partial charge on any atom is 0.311 e. The average molecular weight is 233 g/mol. The Morgan fingerprint density at radius 3 is 2.88 bits per heavy atom. The summed E-state index contributed by atoms with van der Waals surface area (Å²) >= 11 is 0. The van der Waals surface area contributed by atoms with Crippen LogP contribution in [0.15, 0.2) is 18.2 Å². The fourth-order valence-electron chi connectivity index (χ4n) is 2.53. The van der Waals surface area contributed by atoms with Crippen LogP contribution in [0, 0.1) is 0 Å². The normalized spacial score (nSPS) is 15.6. The highest BCUT2D eigenvalue weighted by molar-refractivity contribution is 5.76. The van der Waals surface area contributed by atoms with Crippen molar-refractivity contribution in [1.29, 1.82) is 0 Å². The minimum absolute atomic E-state index is 0.381. The van der Waals surface area contributed by atoms with Crippen molar-refractivity contribution in [2.24, 2.45) is 0 Å². The highest BCUT2D eigenvalue weighted by Gasteiger charge is 2.21. The summed E-state index contributed by atoms with van der Waals surface area (Å²) in [6.07, 6.45) is 4.09. The second-order valence-corrected chi connectivity index (χ2v) is 4.66. The maximum atomic E-state index is 11.3. The first-order valence-electron chi connectivity index (χ1n) is 6.21. The van der Waals surface area contributed by atoms with Gasteiger partial charge in [-0.25, -0.2) is 0 Å². The fraction of sp³-hybridized carbons (Fsp3) is 0.500. The van der Waals surface area contributed by atoms with Crippen LogP contribution in [0.1, 0.15) is 35.4 Å². The van der Waals surface area contributed by atoms with Gasteiger partial charge in [-0.3, -0.25) is 4.79 Å². The van der Waals surface area contributed by atoms with Crippen molar-refractivity contribution in [3.05, 3.63) is 34.9 Å². The summed E-state index contributed by atoms with van der Waals surface area (Å²) in [7, 11) is 1.85. The molecule has 0 heterocycles. The predicted molar refractivity (Wildman–Crippen MR) is 67.4 cm³/mol. The number of carboxylic acids is 1. The van der Waals surface area contributed by atoms with E-state index in [2.05, 4.69) is 17.4 Å². The summed E-state index contributed by atoms with van der Waals surface area (Å²) in [4.78, 5) is 11.3.